The van der Waals surface area contributed by atoms with Gasteiger partial charge in [-0.05, 0) is 41.5 Å². The second-order valence-corrected chi connectivity index (χ2v) is 10.6. The van der Waals surface area contributed by atoms with Crippen LogP contribution in [0, 0.1) is 0 Å². The molecule has 0 radical (unpaired) electrons. The van der Waals surface area contributed by atoms with Crippen molar-refractivity contribution in [1.29, 1.82) is 0 Å². The second kappa shape index (κ2) is 9.38. The lowest BCUT2D eigenvalue weighted by molar-refractivity contribution is 0.0827. The van der Waals surface area contributed by atoms with Gasteiger partial charge in [0.1, 0.15) is 15.5 Å². The van der Waals surface area contributed by atoms with Gasteiger partial charge < -0.3 is 10.6 Å². The Bertz CT molecular complexity index is 1220. The van der Waals surface area contributed by atoms with Crippen LogP contribution in [0.1, 0.15) is 30.1 Å². The highest BCUT2D eigenvalue weighted by atomic mass is 32.2. The fraction of sp³-hybridized carbons (Fsp3) is 0.261. The third kappa shape index (κ3) is 4.46. The van der Waals surface area contributed by atoms with E-state index in [1.165, 1.54) is 0 Å². The van der Waals surface area contributed by atoms with Crippen LogP contribution in [-0.4, -0.2) is 40.6 Å². The number of thiazole rings is 1. The quantitative estimate of drug-likeness (QED) is 0.256. The van der Waals surface area contributed by atoms with Crippen molar-refractivity contribution in [2.24, 2.45) is 0 Å². The number of pyridine rings is 1. The van der Waals surface area contributed by atoms with Gasteiger partial charge in [0.25, 0.3) is 5.91 Å². The fourth-order valence-corrected chi connectivity index (χ4v) is 6.33. The minimum Gasteiger partial charge on any atom is -0.397 e. The van der Waals surface area contributed by atoms with Gasteiger partial charge >= 0.3 is 0 Å². The summed E-state index contributed by atoms with van der Waals surface area (Å²) in [4.78, 5) is 24.4. The van der Waals surface area contributed by atoms with Crippen molar-refractivity contribution >= 4 is 56.2 Å². The van der Waals surface area contributed by atoms with Crippen LogP contribution < -0.4 is 5.73 Å². The maximum absolute atomic E-state index is 12.5. The summed E-state index contributed by atoms with van der Waals surface area (Å²) in [7, 11) is 3.52. The van der Waals surface area contributed by atoms with E-state index < -0.39 is 0 Å². The van der Waals surface area contributed by atoms with Crippen LogP contribution in [0.4, 0.5) is 5.69 Å². The number of benzene rings is 1. The molecule has 0 saturated carbocycles. The molecule has 160 valence electrons. The predicted molar refractivity (Wildman–Crippen MR) is 134 cm³/mol. The number of unbranched alkanes of at least 4 members (excludes halogenated alkanes) is 1. The number of rotatable bonds is 7. The molecule has 2 N–H and O–H groups in total. The lowest BCUT2D eigenvalue weighted by Crippen LogP contribution is -2.21. The first-order chi connectivity index (χ1) is 15.0. The van der Waals surface area contributed by atoms with E-state index in [0.717, 1.165) is 60.5 Å². The summed E-state index contributed by atoms with van der Waals surface area (Å²) in [6, 6.07) is 9.76. The maximum Gasteiger partial charge on any atom is 0.253 e. The average Bonchev–Trinajstić information content (AvgIpc) is 3.42. The van der Waals surface area contributed by atoms with E-state index in [0.29, 0.717) is 5.56 Å². The first kappa shape index (κ1) is 21.8. The van der Waals surface area contributed by atoms with Gasteiger partial charge in [0, 0.05) is 36.6 Å². The average molecular weight is 469 g/mol. The van der Waals surface area contributed by atoms with E-state index in [-0.39, 0.29) is 5.91 Å². The zero-order valence-electron chi connectivity index (χ0n) is 17.7. The van der Waals surface area contributed by atoms with E-state index >= 15 is 0 Å². The van der Waals surface area contributed by atoms with Gasteiger partial charge in [0.15, 0.2) is 0 Å². The number of nitrogen functional groups attached to an aromatic ring is 1. The second-order valence-electron chi connectivity index (χ2n) is 7.36. The number of carbonyl (C=O) groups excluding carboxylic acids is 1. The summed E-state index contributed by atoms with van der Waals surface area (Å²) >= 11 is 5.00. The van der Waals surface area contributed by atoms with Gasteiger partial charge in [-0.1, -0.05) is 25.5 Å². The molecule has 0 aliphatic rings. The summed E-state index contributed by atoms with van der Waals surface area (Å²) in [5, 5.41) is 3.78. The molecule has 3 aromatic heterocycles. The van der Waals surface area contributed by atoms with E-state index in [1.807, 2.05) is 35.7 Å². The van der Waals surface area contributed by atoms with Crippen LogP contribution in [0.5, 0.6) is 0 Å². The summed E-state index contributed by atoms with van der Waals surface area (Å²) in [6.07, 6.45) is 4.09. The van der Waals surface area contributed by atoms with E-state index in [2.05, 4.69) is 11.9 Å². The molecular weight excluding hydrogens is 444 g/mol. The van der Waals surface area contributed by atoms with Gasteiger partial charge in [-0.3, -0.25) is 4.79 Å². The van der Waals surface area contributed by atoms with Crippen LogP contribution >= 0.6 is 34.4 Å². The van der Waals surface area contributed by atoms with Gasteiger partial charge in [0.2, 0.25) is 0 Å². The molecule has 4 aromatic rings. The molecule has 1 amide bonds. The molecule has 0 unspecified atom stereocenters. The monoisotopic (exact) mass is 468 g/mol. The zero-order valence-corrected chi connectivity index (χ0v) is 20.2. The summed E-state index contributed by atoms with van der Waals surface area (Å²) in [5.41, 5.74) is 10.8. The highest BCUT2D eigenvalue weighted by molar-refractivity contribution is 8.01. The Morgan fingerprint density at radius 2 is 2.10 bits per heavy atom. The molecular formula is C23H24N4OS3. The van der Waals surface area contributed by atoms with Crippen molar-refractivity contribution in [2.45, 2.75) is 24.0 Å². The Balaban J connectivity index is 1.90. The SMILES string of the molecule is CCCCSc1sc2nc(-c3nccs3)cc(-c3cccc(C(=O)N(C)C)c3)c2c1N. The van der Waals surface area contributed by atoms with Crippen molar-refractivity contribution in [1.82, 2.24) is 14.9 Å². The highest BCUT2D eigenvalue weighted by Gasteiger charge is 2.19. The molecule has 31 heavy (non-hydrogen) atoms. The Labute approximate surface area is 194 Å². The van der Waals surface area contributed by atoms with E-state index in [4.69, 9.17) is 10.7 Å². The molecule has 4 rings (SSSR count). The molecule has 0 saturated heterocycles. The van der Waals surface area contributed by atoms with Crippen molar-refractivity contribution in [3.63, 3.8) is 0 Å². The van der Waals surface area contributed by atoms with Crippen LogP contribution in [0.3, 0.4) is 0 Å². The number of carbonyl (C=O) groups is 1. The van der Waals surface area contributed by atoms with Gasteiger partial charge in [-0.15, -0.1) is 34.4 Å². The smallest absolute Gasteiger partial charge is 0.253 e. The number of thioether (sulfide) groups is 1. The number of amides is 1. The maximum atomic E-state index is 12.5. The predicted octanol–water partition coefficient (Wildman–Crippen LogP) is 6.26. The first-order valence-electron chi connectivity index (χ1n) is 10.1. The lowest BCUT2D eigenvalue weighted by atomic mass is 9.99. The summed E-state index contributed by atoms with van der Waals surface area (Å²) in [6.45, 7) is 2.19. The van der Waals surface area contributed by atoms with Crippen LogP contribution in [0.15, 0.2) is 46.1 Å². The molecule has 8 heteroatoms. The minimum absolute atomic E-state index is 0.0265. The highest BCUT2D eigenvalue weighted by Crippen LogP contribution is 2.45. The molecule has 5 nitrogen and oxygen atoms in total. The van der Waals surface area contributed by atoms with Crippen LogP contribution in [0.25, 0.3) is 32.0 Å². The number of nitrogens with zero attached hydrogens (tertiary/aromatic N) is 3. The zero-order chi connectivity index (χ0) is 22.0. The topological polar surface area (TPSA) is 72.1 Å². The van der Waals surface area contributed by atoms with Gasteiger partial charge in [-0.25, -0.2) is 9.97 Å². The van der Waals surface area contributed by atoms with Crippen molar-refractivity contribution in [2.75, 3.05) is 25.6 Å². The Hall–Kier alpha value is -2.42. The minimum atomic E-state index is -0.0265. The Morgan fingerprint density at radius 1 is 1.26 bits per heavy atom. The fourth-order valence-electron chi connectivity index (χ4n) is 3.28. The Morgan fingerprint density at radius 3 is 2.81 bits per heavy atom. The number of hydrogen-bond donors (Lipinski definition) is 1. The standard InChI is InChI=1S/C23H24N4OS3/c1-4-5-10-30-23-19(24)18-16(14-7-6-8-15(12-14)22(28)27(2)3)13-17(26-21(18)31-23)20-25-9-11-29-20/h6-9,11-13H,4-5,10,24H2,1-3H3. The normalized spacial score (nSPS) is 11.2. The van der Waals surface area contributed by atoms with Crippen molar-refractivity contribution in [3.8, 4) is 21.8 Å². The van der Waals surface area contributed by atoms with E-state index in [9.17, 15) is 4.79 Å². The molecule has 0 spiro atoms. The molecule has 1 aromatic carbocycles. The number of nitrogens with two attached hydrogens (primary N) is 1. The molecule has 0 atom stereocenters. The number of hydrogen-bond acceptors (Lipinski definition) is 7. The molecule has 0 bridgehead atoms. The van der Waals surface area contributed by atoms with E-state index in [1.54, 1.807) is 59.6 Å². The number of anilines is 1. The summed E-state index contributed by atoms with van der Waals surface area (Å²) in [5.74, 6) is 1.01. The molecule has 0 fully saturated rings. The van der Waals surface area contributed by atoms with Gasteiger partial charge in [-0.2, -0.15) is 0 Å². The largest absolute Gasteiger partial charge is 0.397 e. The third-order valence-electron chi connectivity index (χ3n) is 4.87. The van der Waals surface area contributed by atoms with Crippen molar-refractivity contribution < 1.29 is 4.79 Å². The molecule has 3 heterocycles. The number of thiophene rings is 1. The summed E-state index contributed by atoms with van der Waals surface area (Å²) < 4.78 is 1.11. The van der Waals surface area contributed by atoms with Crippen molar-refractivity contribution in [3.05, 3.63) is 47.5 Å². The first-order valence-corrected chi connectivity index (χ1v) is 12.8. The van der Waals surface area contributed by atoms with Gasteiger partial charge in [0.05, 0.1) is 9.90 Å². The molecule has 0 aliphatic heterocycles. The number of fused-ring (bicyclic) bond motifs is 1. The lowest BCUT2D eigenvalue weighted by Gasteiger charge is -2.12. The molecule has 0 aliphatic carbocycles. The third-order valence-corrected chi connectivity index (χ3v) is 8.14. The van der Waals surface area contributed by atoms with Crippen LogP contribution in [0.2, 0.25) is 0 Å². The number of aromatic nitrogens is 2. The Kier molecular flexibility index (Phi) is 6.60. The van der Waals surface area contributed by atoms with Crippen LogP contribution in [-0.2, 0) is 0 Å².